The molecule has 1 unspecified atom stereocenters. The normalized spacial score (nSPS) is 12.7. The topological polar surface area (TPSA) is 46.0 Å². The van der Waals surface area contributed by atoms with Crippen molar-refractivity contribution in [1.82, 2.24) is 9.97 Å². The molecule has 0 aliphatic carbocycles. The number of aliphatic hydroxyl groups excluding tert-OH is 1. The number of thiophene rings is 1. The minimum absolute atomic E-state index is 0.630. The quantitative estimate of drug-likeness (QED) is 0.922. The second-order valence-corrected chi connectivity index (χ2v) is 4.87. The van der Waals surface area contributed by atoms with E-state index in [9.17, 15) is 5.11 Å². The van der Waals surface area contributed by atoms with Crippen LogP contribution in [-0.4, -0.2) is 15.1 Å². The van der Waals surface area contributed by atoms with E-state index in [1.165, 1.54) is 11.3 Å². The van der Waals surface area contributed by atoms with Gasteiger partial charge in [-0.25, -0.2) is 9.97 Å². The van der Waals surface area contributed by atoms with E-state index < -0.39 is 6.10 Å². The summed E-state index contributed by atoms with van der Waals surface area (Å²) in [4.78, 5) is 9.06. The van der Waals surface area contributed by atoms with Crippen LogP contribution < -0.4 is 0 Å². The average Bonchev–Trinajstić information content (AvgIpc) is 2.63. The number of aryl methyl sites for hydroxylation is 1. The number of halogens is 1. The Morgan fingerprint density at radius 3 is 2.87 bits per heavy atom. The first kappa shape index (κ1) is 10.7. The largest absolute Gasteiger partial charge is 0.381 e. The molecule has 0 bridgehead atoms. The Labute approximate surface area is 100.0 Å². The molecule has 0 saturated carbocycles. The summed E-state index contributed by atoms with van der Waals surface area (Å²) < 4.78 is 0.913. The molecular formula is C10H9BrN2OS. The predicted molar refractivity (Wildman–Crippen MR) is 62.8 cm³/mol. The highest BCUT2D eigenvalue weighted by molar-refractivity contribution is 9.10. The highest BCUT2D eigenvalue weighted by Crippen LogP contribution is 2.31. The van der Waals surface area contributed by atoms with E-state index in [1.54, 1.807) is 19.2 Å². The fourth-order valence-corrected chi connectivity index (χ4v) is 2.85. The van der Waals surface area contributed by atoms with Crippen LogP contribution in [0, 0.1) is 6.92 Å². The molecule has 1 N–H and O–H groups in total. The van der Waals surface area contributed by atoms with E-state index in [-0.39, 0.29) is 0 Å². The van der Waals surface area contributed by atoms with Crippen LogP contribution in [0.15, 0.2) is 28.2 Å². The van der Waals surface area contributed by atoms with Gasteiger partial charge in [0, 0.05) is 10.7 Å². The molecule has 0 saturated heterocycles. The number of hydrogen-bond donors (Lipinski definition) is 1. The number of aromatic nitrogens is 2. The van der Waals surface area contributed by atoms with E-state index >= 15 is 0 Å². The van der Waals surface area contributed by atoms with Crippen molar-refractivity contribution in [2.24, 2.45) is 0 Å². The lowest BCUT2D eigenvalue weighted by Gasteiger charge is -2.08. The fourth-order valence-electron chi connectivity index (χ4n) is 1.26. The molecule has 0 spiro atoms. The van der Waals surface area contributed by atoms with Crippen LogP contribution in [0.4, 0.5) is 0 Å². The fraction of sp³-hybridized carbons (Fsp3) is 0.200. The monoisotopic (exact) mass is 284 g/mol. The summed E-state index contributed by atoms with van der Waals surface area (Å²) in [7, 11) is 0. The van der Waals surface area contributed by atoms with Gasteiger partial charge in [0.05, 0.1) is 10.6 Å². The molecule has 0 radical (unpaired) electrons. The summed E-state index contributed by atoms with van der Waals surface area (Å²) in [5.74, 6) is 0.666. The minimum Gasteiger partial charge on any atom is -0.381 e. The van der Waals surface area contributed by atoms with Gasteiger partial charge in [-0.05, 0) is 40.4 Å². The molecule has 0 aliphatic heterocycles. The Morgan fingerprint density at radius 1 is 1.47 bits per heavy atom. The third kappa shape index (κ3) is 2.25. The smallest absolute Gasteiger partial charge is 0.131 e. The molecule has 2 aromatic rings. The van der Waals surface area contributed by atoms with E-state index in [4.69, 9.17) is 0 Å². The lowest BCUT2D eigenvalue weighted by Crippen LogP contribution is -2.02. The van der Waals surface area contributed by atoms with Crippen LogP contribution in [-0.2, 0) is 0 Å². The van der Waals surface area contributed by atoms with Crippen molar-refractivity contribution in [1.29, 1.82) is 0 Å². The molecule has 0 aromatic carbocycles. The molecule has 0 amide bonds. The first-order chi connectivity index (χ1) is 7.18. The second-order valence-electron chi connectivity index (χ2n) is 3.06. The maximum Gasteiger partial charge on any atom is 0.131 e. The Morgan fingerprint density at radius 2 is 2.27 bits per heavy atom. The molecule has 3 nitrogen and oxygen atoms in total. The molecule has 1 atom stereocenters. The van der Waals surface area contributed by atoms with Gasteiger partial charge in [0.1, 0.15) is 11.9 Å². The van der Waals surface area contributed by atoms with Crippen molar-refractivity contribution >= 4 is 27.3 Å². The summed E-state index contributed by atoms with van der Waals surface area (Å²) in [6, 6.07) is 3.64. The molecule has 0 fully saturated rings. The Kier molecular flexibility index (Phi) is 3.14. The van der Waals surface area contributed by atoms with Crippen molar-refractivity contribution in [2.45, 2.75) is 13.0 Å². The highest BCUT2D eigenvalue weighted by Gasteiger charge is 2.16. The van der Waals surface area contributed by atoms with Crippen LogP contribution in [0.3, 0.4) is 0 Å². The number of nitrogens with zero attached hydrogens (tertiary/aromatic N) is 2. The molecule has 2 rings (SSSR count). The van der Waals surface area contributed by atoms with E-state index in [2.05, 4.69) is 25.9 Å². The van der Waals surface area contributed by atoms with Crippen LogP contribution in [0.1, 0.15) is 22.5 Å². The SMILES string of the molecule is Cc1nccc(C(O)c2sccc2Br)n1. The Balaban J connectivity index is 2.36. The van der Waals surface area contributed by atoms with Gasteiger partial charge < -0.3 is 5.11 Å². The third-order valence-corrected chi connectivity index (χ3v) is 3.89. The number of aliphatic hydroxyl groups is 1. The molecular weight excluding hydrogens is 276 g/mol. The van der Waals surface area contributed by atoms with Gasteiger partial charge in [-0.3, -0.25) is 0 Å². The van der Waals surface area contributed by atoms with Crippen LogP contribution in [0.25, 0.3) is 0 Å². The van der Waals surface area contributed by atoms with Crippen LogP contribution in [0.2, 0.25) is 0 Å². The summed E-state index contributed by atoms with van der Waals surface area (Å²) in [5.41, 5.74) is 0.630. The Bertz CT molecular complexity index is 472. The summed E-state index contributed by atoms with van der Waals surface area (Å²) in [5, 5.41) is 12.0. The summed E-state index contributed by atoms with van der Waals surface area (Å²) in [6.07, 6.45) is 0.976. The molecule has 5 heteroatoms. The van der Waals surface area contributed by atoms with Crippen molar-refractivity contribution < 1.29 is 5.11 Å². The van der Waals surface area contributed by atoms with Gasteiger partial charge in [-0.1, -0.05) is 0 Å². The minimum atomic E-state index is -0.680. The molecule has 15 heavy (non-hydrogen) atoms. The second kappa shape index (κ2) is 4.38. The van der Waals surface area contributed by atoms with Crippen molar-refractivity contribution in [2.75, 3.05) is 0 Å². The molecule has 2 aromatic heterocycles. The van der Waals surface area contributed by atoms with Gasteiger partial charge >= 0.3 is 0 Å². The average molecular weight is 285 g/mol. The number of rotatable bonds is 2. The zero-order chi connectivity index (χ0) is 10.8. The van der Waals surface area contributed by atoms with E-state index in [0.29, 0.717) is 11.5 Å². The standard InChI is InChI=1S/C10H9BrN2OS/c1-6-12-4-2-8(13-6)9(14)10-7(11)3-5-15-10/h2-5,9,14H,1H3. The third-order valence-electron chi connectivity index (χ3n) is 1.97. The van der Waals surface area contributed by atoms with Crippen molar-refractivity contribution in [3.05, 3.63) is 44.6 Å². The lowest BCUT2D eigenvalue weighted by molar-refractivity contribution is 0.218. The number of hydrogen-bond acceptors (Lipinski definition) is 4. The molecule has 78 valence electrons. The van der Waals surface area contributed by atoms with Crippen LogP contribution in [0.5, 0.6) is 0 Å². The highest BCUT2D eigenvalue weighted by atomic mass is 79.9. The zero-order valence-electron chi connectivity index (χ0n) is 8.01. The summed E-state index contributed by atoms with van der Waals surface area (Å²) >= 11 is 4.89. The van der Waals surface area contributed by atoms with Gasteiger partial charge in [0.25, 0.3) is 0 Å². The van der Waals surface area contributed by atoms with Crippen molar-refractivity contribution in [3.8, 4) is 0 Å². The first-order valence-corrected chi connectivity index (χ1v) is 6.06. The maximum absolute atomic E-state index is 10.1. The maximum atomic E-state index is 10.1. The van der Waals surface area contributed by atoms with Crippen LogP contribution >= 0.6 is 27.3 Å². The van der Waals surface area contributed by atoms with Gasteiger partial charge in [-0.15, -0.1) is 11.3 Å². The van der Waals surface area contributed by atoms with Gasteiger partial charge in [-0.2, -0.15) is 0 Å². The van der Waals surface area contributed by atoms with E-state index in [0.717, 1.165) is 9.35 Å². The summed E-state index contributed by atoms with van der Waals surface area (Å²) in [6.45, 7) is 1.81. The lowest BCUT2D eigenvalue weighted by atomic mass is 10.2. The van der Waals surface area contributed by atoms with Crippen molar-refractivity contribution in [3.63, 3.8) is 0 Å². The predicted octanol–water partition coefficient (Wildman–Crippen LogP) is 2.69. The molecule has 0 aliphatic rings. The van der Waals surface area contributed by atoms with E-state index in [1.807, 2.05) is 11.4 Å². The van der Waals surface area contributed by atoms with Gasteiger partial charge in [0.15, 0.2) is 0 Å². The zero-order valence-corrected chi connectivity index (χ0v) is 10.4. The Hall–Kier alpha value is -0.780. The molecule has 2 heterocycles. The first-order valence-electron chi connectivity index (χ1n) is 4.39. The van der Waals surface area contributed by atoms with Gasteiger partial charge in [0.2, 0.25) is 0 Å².